The summed E-state index contributed by atoms with van der Waals surface area (Å²) in [5, 5.41) is 5.68. The van der Waals surface area contributed by atoms with E-state index < -0.39 is 0 Å². The Morgan fingerprint density at radius 3 is 2.58 bits per heavy atom. The van der Waals surface area contributed by atoms with Crippen molar-refractivity contribution in [3.8, 4) is 0 Å². The third-order valence-corrected chi connectivity index (χ3v) is 4.54. The first-order chi connectivity index (χ1) is 12.6. The maximum absolute atomic E-state index is 13.9. The van der Waals surface area contributed by atoms with Crippen molar-refractivity contribution in [2.75, 3.05) is 57.8 Å². The van der Waals surface area contributed by atoms with Crippen LogP contribution in [-0.4, -0.2) is 80.6 Å². The van der Waals surface area contributed by atoms with Crippen LogP contribution in [0.4, 0.5) is 14.9 Å². The smallest absolute Gasteiger partial charge is 0.324 e. The highest BCUT2D eigenvalue weighted by atomic mass is 19.1. The molecule has 2 N–H and O–H groups in total. The van der Waals surface area contributed by atoms with Gasteiger partial charge in [-0.2, -0.15) is 0 Å². The largest absolute Gasteiger partial charge is 0.366 e. The van der Waals surface area contributed by atoms with Crippen molar-refractivity contribution in [3.05, 3.63) is 30.1 Å². The number of rotatable bonds is 4. The SMILES string of the molecule is CN=C(NCCN1C(=O)CNC1=O)N1CCN(c2ccccc2F)CC1. The van der Waals surface area contributed by atoms with Crippen molar-refractivity contribution in [1.82, 2.24) is 20.4 Å². The van der Waals surface area contributed by atoms with Gasteiger partial charge < -0.3 is 20.4 Å². The molecule has 2 saturated heterocycles. The fourth-order valence-corrected chi connectivity index (χ4v) is 3.16. The van der Waals surface area contributed by atoms with Crippen molar-refractivity contribution in [1.29, 1.82) is 0 Å². The van der Waals surface area contributed by atoms with Crippen LogP contribution in [0.2, 0.25) is 0 Å². The van der Waals surface area contributed by atoms with Crippen molar-refractivity contribution in [2.24, 2.45) is 4.99 Å². The first kappa shape index (κ1) is 18.0. The Balaban J connectivity index is 1.49. The standard InChI is InChI=1S/C17H23FN6O2/c1-19-16(20-6-7-24-15(25)12-21-17(24)26)23-10-8-22(9-11-23)14-5-3-2-4-13(14)18/h2-5H,6-12H2,1H3,(H,19,20)(H,21,26). The molecule has 0 atom stereocenters. The molecule has 9 heteroatoms. The molecule has 2 fully saturated rings. The summed E-state index contributed by atoms with van der Waals surface area (Å²) in [6.07, 6.45) is 0. The second-order valence-electron chi connectivity index (χ2n) is 6.10. The number of amides is 3. The number of imide groups is 1. The first-order valence-electron chi connectivity index (χ1n) is 8.63. The Hall–Kier alpha value is -2.84. The second-order valence-corrected chi connectivity index (χ2v) is 6.10. The average Bonchev–Trinajstić information content (AvgIpc) is 2.98. The Morgan fingerprint density at radius 2 is 1.96 bits per heavy atom. The quantitative estimate of drug-likeness (QED) is 0.450. The van der Waals surface area contributed by atoms with E-state index in [9.17, 15) is 14.0 Å². The van der Waals surface area contributed by atoms with Gasteiger partial charge >= 0.3 is 6.03 Å². The van der Waals surface area contributed by atoms with Gasteiger partial charge in [-0.25, -0.2) is 9.18 Å². The molecule has 3 amide bonds. The highest BCUT2D eigenvalue weighted by Gasteiger charge is 2.28. The van der Waals surface area contributed by atoms with Crippen molar-refractivity contribution in [2.45, 2.75) is 0 Å². The number of carbonyl (C=O) groups excluding carboxylic acids is 2. The number of aliphatic imine (C=N–C) groups is 1. The molecular weight excluding hydrogens is 339 g/mol. The summed E-state index contributed by atoms with van der Waals surface area (Å²) in [6.45, 7) is 3.57. The van der Waals surface area contributed by atoms with Gasteiger partial charge in [-0.05, 0) is 12.1 Å². The van der Waals surface area contributed by atoms with E-state index in [1.54, 1.807) is 19.2 Å². The summed E-state index contributed by atoms with van der Waals surface area (Å²) >= 11 is 0. The van der Waals surface area contributed by atoms with Crippen LogP contribution in [0.1, 0.15) is 0 Å². The maximum Gasteiger partial charge on any atom is 0.324 e. The van der Waals surface area contributed by atoms with Crippen molar-refractivity contribution >= 4 is 23.6 Å². The minimum Gasteiger partial charge on any atom is -0.366 e. The van der Waals surface area contributed by atoms with Gasteiger partial charge in [-0.1, -0.05) is 12.1 Å². The highest BCUT2D eigenvalue weighted by molar-refractivity contribution is 6.01. The van der Waals surface area contributed by atoms with Crippen molar-refractivity contribution in [3.63, 3.8) is 0 Å². The van der Waals surface area contributed by atoms with E-state index in [2.05, 4.69) is 20.5 Å². The van der Waals surface area contributed by atoms with Gasteiger partial charge in [0.15, 0.2) is 5.96 Å². The number of benzene rings is 1. The molecule has 8 nitrogen and oxygen atoms in total. The minimum atomic E-state index is -0.356. The molecule has 2 aliphatic heterocycles. The van der Waals surface area contributed by atoms with Crippen LogP contribution in [0.5, 0.6) is 0 Å². The van der Waals surface area contributed by atoms with Crippen LogP contribution in [-0.2, 0) is 4.79 Å². The topological polar surface area (TPSA) is 80.3 Å². The fraction of sp³-hybridized carbons (Fsp3) is 0.471. The van der Waals surface area contributed by atoms with Crippen LogP contribution in [0.3, 0.4) is 0 Å². The highest BCUT2D eigenvalue weighted by Crippen LogP contribution is 2.20. The number of urea groups is 1. The zero-order chi connectivity index (χ0) is 18.5. The summed E-state index contributed by atoms with van der Waals surface area (Å²) in [7, 11) is 1.69. The van der Waals surface area contributed by atoms with E-state index in [1.165, 1.54) is 11.0 Å². The van der Waals surface area contributed by atoms with E-state index in [0.717, 1.165) is 0 Å². The molecule has 140 valence electrons. The number of nitrogens with zero attached hydrogens (tertiary/aromatic N) is 4. The predicted octanol–water partition coefficient (Wildman–Crippen LogP) is 0.0749. The van der Waals surface area contributed by atoms with Crippen molar-refractivity contribution < 1.29 is 14.0 Å². The summed E-state index contributed by atoms with van der Waals surface area (Å²) in [4.78, 5) is 32.6. The Labute approximate surface area is 151 Å². The number of carbonyl (C=O) groups is 2. The summed E-state index contributed by atoms with van der Waals surface area (Å²) in [6, 6.07) is 6.42. The normalized spacial score (nSPS) is 18.4. The van der Waals surface area contributed by atoms with Gasteiger partial charge in [-0.15, -0.1) is 0 Å². The van der Waals surface area contributed by atoms with Gasteiger partial charge in [-0.3, -0.25) is 14.7 Å². The maximum atomic E-state index is 13.9. The van der Waals surface area contributed by atoms with Crippen LogP contribution >= 0.6 is 0 Å². The zero-order valence-corrected chi connectivity index (χ0v) is 14.7. The number of para-hydroxylation sites is 1. The van der Waals surface area contributed by atoms with Crippen LogP contribution < -0.4 is 15.5 Å². The Kier molecular flexibility index (Phi) is 5.55. The lowest BCUT2D eigenvalue weighted by molar-refractivity contribution is -0.124. The summed E-state index contributed by atoms with van der Waals surface area (Å²) in [5.41, 5.74) is 0.619. The summed E-state index contributed by atoms with van der Waals surface area (Å²) < 4.78 is 13.9. The Bertz CT molecular complexity index is 686. The number of anilines is 1. The number of hydrogen-bond acceptors (Lipinski definition) is 4. The molecule has 1 aromatic rings. The molecule has 26 heavy (non-hydrogen) atoms. The van der Waals surface area contributed by atoms with Crippen LogP contribution in [0.25, 0.3) is 0 Å². The zero-order valence-electron chi connectivity index (χ0n) is 14.7. The van der Waals surface area contributed by atoms with Gasteiger partial charge in [0.2, 0.25) is 5.91 Å². The lowest BCUT2D eigenvalue weighted by Gasteiger charge is -2.37. The molecule has 0 radical (unpaired) electrons. The molecule has 0 aromatic heterocycles. The molecule has 0 spiro atoms. The van der Waals surface area contributed by atoms with Gasteiger partial charge in [0.05, 0.1) is 12.2 Å². The van der Waals surface area contributed by atoms with Crippen LogP contribution in [0.15, 0.2) is 29.3 Å². The molecule has 0 aliphatic carbocycles. The molecule has 3 rings (SSSR count). The molecule has 0 unspecified atom stereocenters. The van der Waals surface area contributed by atoms with Gasteiger partial charge in [0, 0.05) is 46.3 Å². The predicted molar refractivity (Wildman–Crippen MR) is 96.7 cm³/mol. The number of guanidine groups is 1. The minimum absolute atomic E-state index is 0.0611. The lowest BCUT2D eigenvalue weighted by Crippen LogP contribution is -2.53. The number of hydrogen-bond donors (Lipinski definition) is 2. The average molecular weight is 362 g/mol. The summed E-state index contributed by atoms with van der Waals surface area (Å²) in [5.74, 6) is 0.285. The van der Waals surface area contributed by atoms with E-state index in [0.29, 0.717) is 50.9 Å². The number of piperazine rings is 1. The van der Waals surface area contributed by atoms with E-state index in [-0.39, 0.29) is 24.3 Å². The molecule has 1 aromatic carbocycles. The molecule has 2 aliphatic rings. The molecule has 0 saturated carbocycles. The van der Waals surface area contributed by atoms with E-state index >= 15 is 0 Å². The first-order valence-corrected chi connectivity index (χ1v) is 8.63. The van der Waals surface area contributed by atoms with Crippen LogP contribution in [0, 0.1) is 5.82 Å². The monoisotopic (exact) mass is 362 g/mol. The third kappa shape index (κ3) is 3.87. The number of halogens is 1. The van der Waals surface area contributed by atoms with E-state index in [1.807, 2.05) is 11.0 Å². The fourth-order valence-electron chi connectivity index (χ4n) is 3.16. The molecular formula is C17H23FN6O2. The second kappa shape index (κ2) is 8.03. The van der Waals surface area contributed by atoms with E-state index in [4.69, 9.17) is 0 Å². The molecule has 0 bridgehead atoms. The number of nitrogens with one attached hydrogen (secondary N) is 2. The Morgan fingerprint density at radius 1 is 1.23 bits per heavy atom. The van der Waals surface area contributed by atoms with Gasteiger partial charge in [0.25, 0.3) is 0 Å². The lowest BCUT2D eigenvalue weighted by atomic mass is 10.2. The molecule has 2 heterocycles. The van der Waals surface area contributed by atoms with Gasteiger partial charge in [0.1, 0.15) is 5.82 Å². The third-order valence-electron chi connectivity index (χ3n) is 4.54.